The van der Waals surface area contributed by atoms with Gasteiger partial charge < -0.3 is 25.1 Å². The maximum absolute atomic E-state index is 6.46. The highest BCUT2D eigenvalue weighted by atomic mass is 35.5. The van der Waals surface area contributed by atoms with Crippen LogP contribution in [0, 0.1) is 0 Å². The first-order valence-electron chi connectivity index (χ1n) is 14.5. The molecule has 10 heteroatoms. The number of para-hydroxylation sites is 1. The molecule has 3 aromatic heterocycles. The Morgan fingerprint density at radius 1 is 0.902 bits per heavy atom. The van der Waals surface area contributed by atoms with E-state index in [0.717, 1.165) is 57.7 Å². The van der Waals surface area contributed by atoms with Crippen LogP contribution >= 0.6 is 11.6 Å². The van der Waals surface area contributed by atoms with E-state index in [4.69, 9.17) is 27.3 Å². The zero-order valence-electron chi connectivity index (χ0n) is 23.6. The average molecular weight is 570 g/mol. The zero-order valence-corrected chi connectivity index (χ0v) is 24.3. The predicted octanol–water partition coefficient (Wildman–Crippen LogP) is 5.70. The summed E-state index contributed by atoms with van der Waals surface area (Å²) in [6.45, 7) is 4.70. The highest BCUT2D eigenvalue weighted by Gasteiger charge is 2.30. The smallest absolute Gasteiger partial charge is 0.208 e. The number of anilines is 3. The van der Waals surface area contributed by atoms with Gasteiger partial charge in [0.25, 0.3) is 0 Å². The number of imidazole rings is 1. The molecule has 0 unspecified atom stereocenters. The van der Waals surface area contributed by atoms with Crippen LogP contribution in [0.5, 0.6) is 0 Å². The van der Waals surface area contributed by atoms with Gasteiger partial charge in [-0.25, -0.2) is 15.0 Å². The van der Waals surface area contributed by atoms with Crippen LogP contribution in [-0.4, -0.2) is 73.2 Å². The minimum atomic E-state index is 0.412. The van der Waals surface area contributed by atoms with Crippen LogP contribution in [0.15, 0.2) is 55.0 Å². The maximum atomic E-state index is 6.46. The number of halogens is 1. The molecular weight excluding hydrogens is 534 g/mol. The Morgan fingerprint density at radius 3 is 2.37 bits per heavy atom. The van der Waals surface area contributed by atoms with Gasteiger partial charge in [0.1, 0.15) is 17.8 Å². The Morgan fingerprint density at radius 2 is 1.63 bits per heavy atom. The quantitative estimate of drug-likeness (QED) is 0.281. The van der Waals surface area contributed by atoms with Gasteiger partial charge in [0, 0.05) is 62.8 Å². The molecule has 0 amide bonds. The van der Waals surface area contributed by atoms with Gasteiger partial charge in [0.05, 0.1) is 21.4 Å². The van der Waals surface area contributed by atoms with E-state index in [1.165, 1.54) is 39.0 Å². The van der Waals surface area contributed by atoms with Crippen LogP contribution < -0.4 is 11.1 Å². The second-order valence-corrected chi connectivity index (χ2v) is 11.9. The van der Waals surface area contributed by atoms with E-state index in [2.05, 4.69) is 62.2 Å². The lowest BCUT2D eigenvalue weighted by Gasteiger charge is -2.41. The second-order valence-electron chi connectivity index (χ2n) is 11.5. The molecule has 2 fully saturated rings. The van der Waals surface area contributed by atoms with Crippen molar-refractivity contribution in [3.8, 4) is 11.1 Å². The number of rotatable bonds is 5. The molecule has 9 nitrogen and oxygen atoms in total. The molecule has 212 valence electrons. The van der Waals surface area contributed by atoms with Gasteiger partial charge in [-0.05, 0) is 62.6 Å². The molecule has 0 bridgehead atoms. The summed E-state index contributed by atoms with van der Waals surface area (Å²) in [4.78, 5) is 18.9. The van der Waals surface area contributed by atoms with Gasteiger partial charge >= 0.3 is 0 Å². The molecule has 1 saturated carbocycles. The van der Waals surface area contributed by atoms with Gasteiger partial charge in [0.15, 0.2) is 0 Å². The summed E-state index contributed by atoms with van der Waals surface area (Å²) < 4.78 is 4.34. The van der Waals surface area contributed by atoms with Crippen LogP contribution in [-0.2, 0) is 7.05 Å². The van der Waals surface area contributed by atoms with Crippen LogP contribution in [0.3, 0.4) is 0 Å². The Kier molecular flexibility index (Phi) is 6.81. The van der Waals surface area contributed by atoms with Gasteiger partial charge in [0.2, 0.25) is 5.95 Å². The van der Waals surface area contributed by atoms with Crippen LogP contribution in [0.25, 0.3) is 33.2 Å². The van der Waals surface area contributed by atoms with E-state index in [9.17, 15) is 0 Å². The number of aryl methyl sites for hydroxylation is 1. The summed E-state index contributed by atoms with van der Waals surface area (Å²) in [5.74, 6) is 1.26. The molecular formula is C31H36ClN9. The third-order valence-corrected chi connectivity index (χ3v) is 9.35. The predicted molar refractivity (Wildman–Crippen MR) is 167 cm³/mol. The summed E-state index contributed by atoms with van der Waals surface area (Å²) in [7, 11) is 4.19. The van der Waals surface area contributed by atoms with Gasteiger partial charge in [-0.2, -0.15) is 0 Å². The summed E-state index contributed by atoms with van der Waals surface area (Å²) in [5, 5.41) is 5.05. The summed E-state index contributed by atoms with van der Waals surface area (Å²) in [6.07, 6.45) is 8.57. The van der Waals surface area contributed by atoms with Crippen molar-refractivity contribution in [1.29, 1.82) is 0 Å². The van der Waals surface area contributed by atoms with Crippen molar-refractivity contribution in [3.63, 3.8) is 0 Å². The van der Waals surface area contributed by atoms with E-state index in [0.29, 0.717) is 22.9 Å². The molecule has 2 aromatic carbocycles. The molecule has 0 spiro atoms. The number of piperazine rings is 1. The van der Waals surface area contributed by atoms with Gasteiger partial charge in [-0.3, -0.25) is 4.90 Å². The molecule has 1 aliphatic heterocycles. The summed E-state index contributed by atoms with van der Waals surface area (Å²) >= 11 is 6.42. The molecule has 0 radical (unpaired) electrons. The summed E-state index contributed by atoms with van der Waals surface area (Å²) in [6, 6.07) is 15.2. The number of nitrogens with one attached hydrogen (secondary N) is 1. The minimum Gasteiger partial charge on any atom is -0.383 e. The van der Waals surface area contributed by atoms with Crippen molar-refractivity contribution in [2.24, 2.45) is 7.05 Å². The van der Waals surface area contributed by atoms with Crippen LogP contribution in [0.2, 0.25) is 5.02 Å². The largest absolute Gasteiger partial charge is 0.383 e. The fraction of sp³-hybridized carbons (Fsp3) is 0.387. The number of likely N-dealkylation sites (N-methyl/N-ethyl adjacent to an activating group) is 1. The van der Waals surface area contributed by atoms with E-state index in [-0.39, 0.29) is 0 Å². The van der Waals surface area contributed by atoms with Crippen molar-refractivity contribution in [3.05, 3.63) is 60.0 Å². The highest BCUT2D eigenvalue weighted by molar-refractivity contribution is 6.35. The maximum Gasteiger partial charge on any atom is 0.208 e. The topological polar surface area (TPSA) is 93.1 Å². The molecule has 1 saturated heterocycles. The molecule has 4 heterocycles. The normalized spacial score (nSPS) is 20.7. The molecule has 41 heavy (non-hydrogen) atoms. The Hall–Kier alpha value is -3.66. The van der Waals surface area contributed by atoms with Crippen molar-refractivity contribution in [2.75, 3.05) is 44.3 Å². The molecule has 0 atom stereocenters. The fourth-order valence-electron chi connectivity index (χ4n) is 6.69. The van der Waals surface area contributed by atoms with E-state index >= 15 is 0 Å². The van der Waals surface area contributed by atoms with Crippen LogP contribution in [0.4, 0.5) is 17.5 Å². The molecule has 7 rings (SSSR count). The number of aromatic nitrogens is 5. The van der Waals surface area contributed by atoms with Crippen molar-refractivity contribution < 1.29 is 0 Å². The molecule has 2 aliphatic rings. The van der Waals surface area contributed by atoms with E-state index < -0.39 is 0 Å². The molecule has 5 aromatic rings. The average Bonchev–Trinajstić information content (AvgIpc) is 3.53. The lowest BCUT2D eigenvalue weighted by Crippen LogP contribution is -2.49. The number of hydrogen-bond donors (Lipinski definition) is 2. The molecule has 3 N–H and O–H groups in total. The Balaban J connectivity index is 1.13. The first kappa shape index (κ1) is 26.3. The molecule has 1 aliphatic carbocycles. The highest BCUT2D eigenvalue weighted by Crippen LogP contribution is 2.39. The number of nitrogens with zero attached hydrogens (tertiary/aromatic N) is 7. The Labute approximate surface area is 244 Å². The second kappa shape index (κ2) is 10.6. The zero-order chi connectivity index (χ0) is 28.1. The lowest BCUT2D eigenvalue weighted by atomic mass is 9.89. The van der Waals surface area contributed by atoms with Crippen LogP contribution in [0.1, 0.15) is 31.7 Å². The van der Waals surface area contributed by atoms with Crippen molar-refractivity contribution in [2.45, 2.75) is 37.8 Å². The van der Waals surface area contributed by atoms with Crippen molar-refractivity contribution >= 4 is 51.1 Å². The third-order valence-electron chi connectivity index (χ3n) is 9.05. The van der Waals surface area contributed by atoms with E-state index in [1.54, 1.807) is 6.33 Å². The first-order chi connectivity index (χ1) is 20.0. The van der Waals surface area contributed by atoms with E-state index in [1.807, 2.05) is 29.8 Å². The van der Waals surface area contributed by atoms with Gasteiger partial charge in [-0.15, -0.1) is 0 Å². The Bertz CT molecular complexity index is 1690. The number of hydrogen-bond acceptors (Lipinski definition) is 7. The lowest BCUT2D eigenvalue weighted by molar-refractivity contribution is 0.0828. The number of nitrogen functional groups attached to an aromatic ring is 1. The number of fused-ring (bicyclic) bond motifs is 2. The van der Waals surface area contributed by atoms with Crippen molar-refractivity contribution in [1.82, 2.24) is 33.9 Å². The SMILES string of the molecule is CN1CCN([C@H]2CC[C@@H](n3cc(-c4ccc(Nc5nc6cccc(Cl)c6n5C)cc4)c4c(N)ncnc43)CC2)CC1. The van der Waals surface area contributed by atoms with Gasteiger partial charge in [-0.1, -0.05) is 29.8 Å². The minimum absolute atomic E-state index is 0.412. The third kappa shape index (κ3) is 4.81. The number of benzene rings is 2. The number of nitrogens with two attached hydrogens (primary N) is 1. The first-order valence-corrected chi connectivity index (χ1v) is 14.9. The summed E-state index contributed by atoms with van der Waals surface area (Å²) in [5.41, 5.74) is 12.3. The standard InChI is InChI=1S/C31H36ClN9/c1-38-14-16-40(17-15-38)22-10-12-23(13-11-22)41-18-24(27-29(33)34-19-35-30(27)41)20-6-8-21(9-7-20)36-31-37-26-5-3-4-25(32)28(26)39(31)2/h3-9,18-19,22-23H,10-17H2,1-2H3,(H,36,37)(H2,33,34,35)/t22-,23+. The fourth-order valence-corrected chi connectivity index (χ4v) is 6.99. The monoisotopic (exact) mass is 569 g/mol.